The first-order chi connectivity index (χ1) is 10.2. The van der Waals surface area contributed by atoms with Crippen molar-refractivity contribution < 1.29 is 4.42 Å². The van der Waals surface area contributed by atoms with Crippen molar-refractivity contribution in [1.29, 1.82) is 0 Å². The fourth-order valence-electron chi connectivity index (χ4n) is 2.16. The summed E-state index contributed by atoms with van der Waals surface area (Å²) in [6.07, 6.45) is 0. The quantitative estimate of drug-likeness (QED) is 0.553. The summed E-state index contributed by atoms with van der Waals surface area (Å²) in [6.45, 7) is 1.99. The molecule has 0 atom stereocenters. The van der Waals surface area contributed by atoms with E-state index in [9.17, 15) is 0 Å². The van der Waals surface area contributed by atoms with Crippen LogP contribution in [0, 0.1) is 6.92 Å². The number of hydrogen-bond donors (Lipinski definition) is 1. The van der Waals surface area contributed by atoms with Crippen LogP contribution in [-0.4, -0.2) is 9.97 Å². The standard InChI is InChI=1S/C15H11N3OS2/c1-8-17-11-7-13(9(16)6-14(11)20-8)21-15-18-10-4-2-3-5-12(10)19-15/h2-7H,16H2,1H3. The zero-order valence-electron chi connectivity index (χ0n) is 11.2. The third-order valence-corrected chi connectivity index (χ3v) is 4.95. The minimum absolute atomic E-state index is 0.592. The predicted octanol–water partition coefficient (Wildman–Crippen LogP) is 4.48. The van der Waals surface area contributed by atoms with Gasteiger partial charge in [-0.05, 0) is 43.0 Å². The molecule has 104 valence electrons. The van der Waals surface area contributed by atoms with E-state index in [1.54, 1.807) is 11.3 Å². The van der Waals surface area contributed by atoms with Crippen LogP contribution in [-0.2, 0) is 0 Å². The lowest BCUT2D eigenvalue weighted by atomic mass is 10.3. The summed E-state index contributed by atoms with van der Waals surface area (Å²) in [5.41, 5.74) is 9.44. The minimum Gasteiger partial charge on any atom is -0.431 e. The second-order valence-corrected chi connectivity index (χ2v) is 6.87. The van der Waals surface area contributed by atoms with Gasteiger partial charge in [0, 0.05) is 10.6 Å². The molecule has 0 aliphatic heterocycles. The fraction of sp³-hybridized carbons (Fsp3) is 0.0667. The van der Waals surface area contributed by atoms with Gasteiger partial charge in [0.05, 0.1) is 15.2 Å². The second-order valence-electron chi connectivity index (χ2n) is 4.64. The van der Waals surface area contributed by atoms with Gasteiger partial charge in [-0.1, -0.05) is 12.1 Å². The molecule has 0 aliphatic rings. The van der Waals surface area contributed by atoms with Gasteiger partial charge in [0.1, 0.15) is 5.52 Å². The van der Waals surface area contributed by atoms with Crippen molar-refractivity contribution in [2.24, 2.45) is 0 Å². The summed E-state index contributed by atoms with van der Waals surface area (Å²) in [4.78, 5) is 9.87. The fourth-order valence-corrected chi connectivity index (χ4v) is 3.83. The van der Waals surface area contributed by atoms with Crippen LogP contribution >= 0.6 is 23.1 Å². The lowest BCUT2D eigenvalue weighted by Gasteiger charge is -2.02. The number of aryl methyl sites for hydroxylation is 1. The van der Waals surface area contributed by atoms with Crippen LogP contribution in [0.3, 0.4) is 0 Å². The van der Waals surface area contributed by atoms with Gasteiger partial charge in [-0.25, -0.2) is 9.97 Å². The molecular formula is C15H11N3OS2. The van der Waals surface area contributed by atoms with Crippen molar-refractivity contribution in [3.8, 4) is 0 Å². The first-order valence-corrected chi connectivity index (χ1v) is 8.02. The third-order valence-electron chi connectivity index (χ3n) is 3.10. The van der Waals surface area contributed by atoms with E-state index < -0.39 is 0 Å². The molecule has 2 aromatic heterocycles. The Bertz CT molecular complexity index is 925. The molecule has 0 spiro atoms. The number of oxazole rings is 1. The van der Waals surface area contributed by atoms with E-state index in [4.69, 9.17) is 10.2 Å². The molecule has 4 aromatic rings. The van der Waals surface area contributed by atoms with Crippen LogP contribution in [0.1, 0.15) is 5.01 Å². The molecule has 0 unspecified atom stereocenters. The largest absolute Gasteiger partial charge is 0.431 e. The number of para-hydroxylation sites is 2. The molecule has 2 aromatic carbocycles. The maximum atomic E-state index is 6.13. The lowest BCUT2D eigenvalue weighted by molar-refractivity contribution is 0.489. The first kappa shape index (κ1) is 12.7. The summed E-state index contributed by atoms with van der Waals surface area (Å²) >= 11 is 3.07. The maximum absolute atomic E-state index is 6.13. The highest BCUT2D eigenvalue weighted by molar-refractivity contribution is 7.99. The van der Waals surface area contributed by atoms with Gasteiger partial charge >= 0.3 is 0 Å². The van der Waals surface area contributed by atoms with Crippen molar-refractivity contribution in [1.82, 2.24) is 9.97 Å². The van der Waals surface area contributed by atoms with E-state index in [1.807, 2.05) is 43.3 Å². The maximum Gasteiger partial charge on any atom is 0.261 e. The zero-order chi connectivity index (χ0) is 14.4. The number of thiazole rings is 1. The van der Waals surface area contributed by atoms with E-state index >= 15 is 0 Å². The molecule has 2 N–H and O–H groups in total. The molecule has 0 radical (unpaired) electrons. The van der Waals surface area contributed by atoms with E-state index in [-0.39, 0.29) is 0 Å². The van der Waals surface area contributed by atoms with Gasteiger partial charge in [0.15, 0.2) is 5.58 Å². The SMILES string of the molecule is Cc1nc2cc(Sc3nc4ccccc4o3)c(N)cc2s1. The molecule has 0 saturated heterocycles. The Morgan fingerprint density at radius 3 is 2.86 bits per heavy atom. The molecular weight excluding hydrogens is 302 g/mol. The molecule has 6 heteroatoms. The Labute approximate surface area is 129 Å². The van der Waals surface area contributed by atoms with Gasteiger partial charge in [-0.15, -0.1) is 11.3 Å². The Morgan fingerprint density at radius 2 is 2.00 bits per heavy atom. The number of nitrogens with zero attached hydrogens (tertiary/aromatic N) is 2. The molecule has 0 aliphatic carbocycles. The topological polar surface area (TPSA) is 64.9 Å². The summed E-state index contributed by atoms with van der Waals surface area (Å²) < 4.78 is 6.83. The smallest absolute Gasteiger partial charge is 0.261 e. The van der Waals surface area contributed by atoms with Gasteiger partial charge < -0.3 is 10.2 Å². The van der Waals surface area contributed by atoms with Crippen molar-refractivity contribution in [2.45, 2.75) is 17.0 Å². The monoisotopic (exact) mass is 313 g/mol. The number of anilines is 1. The van der Waals surface area contributed by atoms with Gasteiger partial charge in [0.25, 0.3) is 5.22 Å². The van der Waals surface area contributed by atoms with Gasteiger partial charge in [-0.3, -0.25) is 0 Å². The van der Waals surface area contributed by atoms with Crippen molar-refractivity contribution >= 4 is 50.1 Å². The summed E-state index contributed by atoms with van der Waals surface area (Å²) in [5.74, 6) is 0. The molecule has 2 heterocycles. The third kappa shape index (κ3) is 2.26. The van der Waals surface area contributed by atoms with Crippen LogP contribution in [0.25, 0.3) is 21.3 Å². The molecule has 0 saturated carbocycles. The summed E-state index contributed by atoms with van der Waals surface area (Å²) in [6, 6.07) is 11.7. The van der Waals surface area contributed by atoms with Crippen molar-refractivity contribution in [2.75, 3.05) is 5.73 Å². The molecule has 21 heavy (non-hydrogen) atoms. The number of hydrogen-bond acceptors (Lipinski definition) is 6. The zero-order valence-corrected chi connectivity index (χ0v) is 12.8. The Kier molecular flexibility index (Phi) is 2.87. The molecule has 4 nitrogen and oxygen atoms in total. The van der Waals surface area contributed by atoms with E-state index in [1.165, 1.54) is 11.8 Å². The number of fused-ring (bicyclic) bond motifs is 2. The highest BCUT2D eigenvalue weighted by Crippen LogP contribution is 2.37. The number of aromatic nitrogens is 2. The first-order valence-electron chi connectivity index (χ1n) is 6.39. The number of benzene rings is 2. The van der Waals surface area contributed by atoms with Crippen molar-refractivity contribution in [3.05, 3.63) is 41.4 Å². The molecule has 0 amide bonds. The number of rotatable bonds is 2. The van der Waals surface area contributed by atoms with E-state index in [0.717, 1.165) is 36.9 Å². The molecule has 0 fully saturated rings. The average Bonchev–Trinajstić information content (AvgIpc) is 3.00. The van der Waals surface area contributed by atoms with E-state index in [0.29, 0.717) is 5.22 Å². The van der Waals surface area contributed by atoms with Crippen LogP contribution in [0.2, 0.25) is 0 Å². The van der Waals surface area contributed by atoms with Gasteiger partial charge in [-0.2, -0.15) is 0 Å². The van der Waals surface area contributed by atoms with Crippen LogP contribution < -0.4 is 5.73 Å². The highest BCUT2D eigenvalue weighted by atomic mass is 32.2. The van der Waals surface area contributed by atoms with Crippen LogP contribution in [0.5, 0.6) is 0 Å². The molecule has 0 bridgehead atoms. The Morgan fingerprint density at radius 1 is 1.14 bits per heavy atom. The van der Waals surface area contributed by atoms with E-state index in [2.05, 4.69) is 9.97 Å². The summed E-state index contributed by atoms with van der Waals surface area (Å²) in [7, 11) is 0. The highest BCUT2D eigenvalue weighted by Gasteiger charge is 2.12. The normalized spacial score (nSPS) is 11.5. The second kappa shape index (κ2) is 4.75. The average molecular weight is 313 g/mol. The van der Waals surface area contributed by atoms with Crippen molar-refractivity contribution in [3.63, 3.8) is 0 Å². The summed E-state index contributed by atoms with van der Waals surface area (Å²) in [5, 5.41) is 1.63. The lowest BCUT2D eigenvalue weighted by Crippen LogP contribution is -1.88. The number of nitrogens with two attached hydrogens (primary N) is 1. The van der Waals surface area contributed by atoms with Gasteiger partial charge in [0.2, 0.25) is 0 Å². The predicted molar refractivity (Wildman–Crippen MR) is 86.9 cm³/mol. The van der Waals surface area contributed by atoms with Crippen LogP contribution in [0.15, 0.2) is 50.9 Å². The number of nitrogen functional groups attached to an aromatic ring is 1. The Hall–Kier alpha value is -2.05. The minimum atomic E-state index is 0.592. The molecule has 4 rings (SSSR count). The van der Waals surface area contributed by atoms with Crippen LogP contribution in [0.4, 0.5) is 5.69 Å². The Balaban J connectivity index is 1.77.